The molecule has 2 atom stereocenters. The van der Waals surface area contributed by atoms with Crippen LogP contribution in [0.5, 0.6) is 0 Å². The van der Waals surface area contributed by atoms with Gasteiger partial charge in [-0.15, -0.1) is 0 Å². The lowest BCUT2D eigenvalue weighted by Crippen LogP contribution is -2.38. The van der Waals surface area contributed by atoms with Gasteiger partial charge in [0.1, 0.15) is 5.82 Å². The smallest absolute Gasteiger partial charge is 0.394 e. The number of hydrogen-bond acceptors (Lipinski definition) is 5. The summed E-state index contributed by atoms with van der Waals surface area (Å²) in [5.41, 5.74) is -0.953. The number of carbonyl (C=O) groups excluding carboxylic acids is 1. The van der Waals surface area contributed by atoms with Gasteiger partial charge in [0.05, 0.1) is 29.3 Å². The largest absolute Gasteiger partial charge is 0.417 e. The van der Waals surface area contributed by atoms with E-state index in [0.717, 1.165) is 6.07 Å². The van der Waals surface area contributed by atoms with Gasteiger partial charge in [0.15, 0.2) is 0 Å². The fourth-order valence-electron chi connectivity index (χ4n) is 2.52. The summed E-state index contributed by atoms with van der Waals surface area (Å²) in [7, 11) is 0. The van der Waals surface area contributed by atoms with Crippen LogP contribution in [0.25, 0.3) is 0 Å². The Kier molecular flexibility index (Phi) is 5.89. The maximum Gasteiger partial charge on any atom is 0.417 e. The number of alkyl halides is 3. The molecule has 1 fully saturated rings. The van der Waals surface area contributed by atoms with Crippen LogP contribution in [0.1, 0.15) is 18.4 Å². The molecular weight excluding hydrogens is 351 g/mol. The van der Waals surface area contributed by atoms with Gasteiger partial charge in [0.25, 0.3) is 0 Å². The van der Waals surface area contributed by atoms with E-state index in [4.69, 9.17) is 11.6 Å². The van der Waals surface area contributed by atoms with E-state index in [0.29, 0.717) is 12.6 Å². The molecule has 24 heavy (non-hydrogen) atoms. The molecule has 0 spiro atoms. The number of anilines is 1. The first-order valence-electron chi connectivity index (χ1n) is 7.27. The minimum Gasteiger partial charge on any atom is -0.394 e. The molecule has 0 saturated carbocycles. The highest BCUT2D eigenvalue weighted by Gasteiger charge is 2.33. The van der Waals surface area contributed by atoms with Crippen molar-refractivity contribution in [2.75, 3.05) is 25.0 Å². The van der Waals surface area contributed by atoms with Crippen LogP contribution < -0.4 is 5.32 Å². The van der Waals surface area contributed by atoms with Crippen molar-refractivity contribution < 1.29 is 28.2 Å². The lowest BCUT2D eigenvalue weighted by Gasteiger charge is -2.22. The number of nitrogens with one attached hydrogen (secondary N) is 1. The van der Waals surface area contributed by atoms with E-state index >= 15 is 0 Å². The Balaban J connectivity index is 1.89. The van der Waals surface area contributed by atoms with Crippen LogP contribution in [0, 0.1) is 0 Å². The molecule has 2 rings (SSSR count). The number of halogens is 4. The first kappa shape index (κ1) is 18.8. The molecule has 1 aromatic heterocycles. The summed E-state index contributed by atoms with van der Waals surface area (Å²) in [4.78, 5) is 17.1. The molecule has 1 aliphatic rings. The third kappa shape index (κ3) is 4.49. The second-order valence-electron chi connectivity index (χ2n) is 5.50. The molecule has 0 aromatic carbocycles. The molecule has 3 N–H and O–H groups in total. The third-order valence-electron chi connectivity index (χ3n) is 3.72. The lowest BCUT2D eigenvalue weighted by atomic mass is 10.2. The second kappa shape index (κ2) is 7.54. The Morgan fingerprint density at radius 3 is 2.79 bits per heavy atom. The predicted molar refractivity (Wildman–Crippen MR) is 80.6 cm³/mol. The average Bonchev–Trinajstić information content (AvgIpc) is 2.89. The minimum atomic E-state index is -4.53. The highest BCUT2D eigenvalue weighted by atomic mass is 35.5. The number of β-amino-alcohol motifs (C(OH)–C–C–N with tert-alkyl or cyclic N) is 1. The minimum absolute atomic E-state index is 0.0300. The number of pyridine rings is 1. The lowest BCUT2D eigenvalue weighted by molar-refractivity contribution is -0.137. The van der Waals surface area contributed by atoms with Crippen LogP contribution in [0.2, 0.25) is 5.02 Å². The van der Waals surface area contributed by atoms with Crippen LogP contribution in [-0.4, -0.2) is 57.8 Å². The maximum atomic E-state index is 12.5. The van der Waals surface area contributed by atoms with Crippen molar-refractivity contribution in [3.8, 4) is 0 Å². The Labute approximate surface area is 141 Å². The summed E-state index contributed by atoms with van der Waals surface area (Å²) in [6, 6.07) is 0.345. The average molecular weight is 368 g/mol. The van der Waals surface area contributed by atoms with Crippen molar-refractivity contribution >= 4 is 23.3 Å². The number of aliphatic hydroxyl groups excluding tert-OH is 2. The summed E-state index contributed by atoms with van der Waals surface area (Å²) >= 11 is 5.76. The summed E-state index contributed by atoms with van der Waals surface area (Å²) < 4.78 is 37.6. The van der Waals surface area contributed by atoms with E-state index in [1.807, 2.05) is 0 Å². The molecule has 0 bridgehead atoms. The SMILES string of the molecule is O=C(CCNc1ncc(C(F)(F)F)cc1Cl)N1C[C@@H](O)C[C@H]1CO. The van der Waals surface area contributed by atoms with Gasteiger partial charge in [-0.3, -0.25) is 4.79 Å². The van der Waals surface area contributed by atoms with Crippen LogP contribution in [0.3, 0.4) is 0 Å². The topological polar surface area (TPSA) is 85.7 Å². The summed E-state index contributed by atoms with van der Waals surface area (Å²) in [6.45, 7) is 0.0352. The summed E-state index contributed by atoms with van der Waals surface area (Å²) in [6.07, 6.45) is -4.18. The van der Waals surface area contributed by atoms with Gasteiger partial charge in [0, 0.05) is 25.7 Å². The normalized spacial score (nSPS) is 21.2. The first-order chi connectivity index (χ1) is 11.2. The highest BCUT2D eigenvalue weighted by molar-refractivity contribution is 6.32. The van der Waals surface area contributed by atoms with Crippen molar-refractivity contribution in [2.45, 2.75) is 31.2 Å². The number of aliphatic hydroxyl groups is 2. The highest BCUT2D eigenvalue weighted by Crippen LogP contribution is 2.32. The van der Waals surface area contributed by atoms with Gasteiger partial charge >= 0.3 is 6.18 Å². The maximum absolute atomic E-state index is 12.5. The number of aromatic nitrogens is 1. The van der Waals surface area contributed by atoms with Crippen molar-refractivity contribution in [2.24, 2.45) is 0 Å². The molecule has 0 aliphatic carbocycles. The second-order valence-corrected chi connectivity index (χ2v) is 5.91. The fourth-order valence-corrected chi connectivity index (χ4v) is 2.76. The van der Waals surface area contributed by atoms with E-state index in [1.54, 1.807) is 0 Å². The van der Waals surface area contributed by atoms with E-state index in [-0.39, 0.29) is 42.9 Å². The molecule has 1 amide bonds. The van der Waals surface area contributed by atoms with E-state index < -0.39 is 23.9 Å². The van der Waals surface area contributed by atoms with Gasteiger partial charge in [-0.05, 0) is 12.5 Å². The third-order valence-corrected chi connectivity index (χ3v) is 4.01. The van der Waals surface area contributed by atoms with Crippen molar-refractivity contribution in [3.63, 3.8) is 0 Å². The molecule has 2 heterocycles. The summed E-state index contributed by atoms with van der Waals surface area (Å²) in [5, 5.41) is 21.3. The zero-order valence-electron chi connectivity index (χ0n) is 12.6. The predicted octanol–water partition coefficient (Wildman–Crippen LogP) is 1.51. The number of hydrogen-bond donors (Lipinski definition) is 3. The number of likely N-dealkylation sites (tertiary alicyclic amines) is 1. The molecule has 10 heteroatoms. The molecule has 6 nitrogen and oxygen atoms in total. The molecule has 0 unspecified atom stereocenters. The van der Waals surface area contributed by atoms with Crippen LogP contribution >= 0.6 is 11.6 Å². The van der Waals surface area contributed by atoms with Gasteiger partial charge in [0.2, 0.25) is 5.91 Å². The van der Waals surface area contributed by atoms with E-state index in [9.17, 15) is 28.2 Å². The molecule has 1 saturated heterocycles. The van der Waals surface area contributed by atoms with Gasteiger partial charge < -0.3 is 20.4 Å². The standard InChI is InChI=1S/C14H17ClF3N3O3/c15-11-3-8(14(16,17)18)5-20-13(11)19-2-1-12(24)21-6-10(23)4-9(21)7-22/h3,5,9-10,22-23H,1-2,4,6-7H2,(H,19,20)/t9-,10-/m0/s1. The Bertz CT molecular complexity index is 600. The Morgan fingerprint density at radius 2 is 2.21 bits per heavy atom. The van der Waals surface area contributed by atoms with Gasteiger partial charge in [-0.2, -0.15) is 13.2 Å². The zero-order chi connectivity index (χ0) is 17.9. The zero-order valence-corrected chi connectivity index (χ0v) is 13.3. The number of rotatable bonds is 5. The first-order valence-corrected chi connectivity index (χ1v) is 7.65. The van der Waals surface area contributed by atoms with Crippen molar-refractivity contribution in [1.82, 2.24) is 9.88 Å². The monoisotopic (exact) mass is 367 g/mol. The molecule has 1 aromatic rings. The molecule has 0 radical (unpaired) electrons. The van der Waals surface area contributed by atoms with E-state index in [2.05, 4.69) is 10.3 Å². The molecule has 134 valence electrons. The number of carbonyl (C=O) groups is 1. The Morgan fingerprint density at radius 1 is 1.50 bits per heavy atom. The quantitative estimate of drug-likeness (QED) is 0.734. The Hall–Kier alpha value is -1.58. The van der Waals surface area contributed by atoms with Crippen LogP contribution in [0.15, 0.2) is 12.3 Å². The molecular formula is C14H17ClF3N3O3. The van der Waals surface area contributed by atoms with Crippen LogP contribution in [0.4, 0.5) is 19.0 Å². The number of nitrogens with zero attached hydrogens (tertiary/aromatic N) is 2. The van der Waals surface area contributed by atoms with Gasteiger partial charge in [-0.25, -0.2) is 4.98 Å². The van der Waals surface area contributed by atoms with Crippen molar-refractivity contribution in [1.29, 1.82) is 0 Å². The van der Waals surface area contributed by atoms with Gasteiger partial charge in [-0.1, -0.05) is 11.6 Å². The molecule has 1 aliphatic heterocycles. The summed E-state index contributed by atoms with van der Waals surface area (Å²) in [5.74, 6) is -0.223. The van der Waals surface area contributed by atoms with Crippen LogP contribution in [-0.2, 0) is 11.0 Å². The fraction of sp³-hybridized carbons (Fsp3) is 0.571. The van der Waals surface area contributed by atoms with E-state index in [1.165, 1.54) is 4.90 Å². The van der Waals surface area contributed by atoms with Crippen molar-refractivity contribution in [3.05, 3.63) is 22.8 Å². The number of amides is 1.